The van der Waals surface area contributed by atoms with Gasteiger partial charge in [0.2, 0.25) is 0 Å². The molecule has 0 amide bonds. The molecule has 0 fully saturated rings. The van der Waals surface area contributed by atoms with Crippen molar-refractivity contribution in [1.82, 2.24) is 24.8 Å². The first-order valence-corrected chi connectivity index (χ1v) is 8.39. The van der Waals surface area contributed by atoms with E-state index in [1.54, 1.807) is 0 Å². The first kappa shape index (κ1) is 14.5. The molecule has 6 nitrogen and oxygen atoms in total. The number of aromatic nitrogens is 4. The fourth-order valence-corrected chi connectivity index (χ4v) is 3.32. The van der Waals surface area contributed by atoms with E-state index in [-0.39, 0.29) is 0 Å². The Kier molecular flexibility index (Phi) is 3.91. The van der Waals surface area contributed by atoms with Crippen LogP contribution in [0.2, 0.25) is 0 Å². The zero-order chi connectivity index (χ0) is 15.6. The van der Waals surface area contributed by atoms with Gasteiger partial charge in [-0.25, -0.2) is 15.0 Å². The Bertz CT molecular complexity index is 732. The molecule has 1 N–H and O–H groups in total. The van der Waals surface area contributed by atoms with Crippen LogP contribution in [0.3, 0.4) is 0 Å². The predicted octanol–water partition coefficient (Wildman–Crippen LogP) is 2.04. The van der Waals surface area contributed by atoms with E-state index in [1.807, 2.05) is 19.3 Å². The standard InChI is InChI=1S/C17H22N6/c1-12-19-9-14(21-12)11-23-7-5-15-13(10-23)8-20-17(22-15)16-4-2-3-6-18-16/h8-9H,2-7,10-11H2,1H3,(H,19,21). The van der Waals surface area contributed by atoms with E-state index in [1.165, 1.54) is 29.8 Å². The number of hydrogen-bond donors (Lipinski definition) is 1. The van der Waals surface area contributed by atoms with Crippen molar-refractivity contribution < 1.29 is 0 Å². The lowest BCUT2D eigenvalue weighted by atomic mass is 10.1. The lowest BCUT2D eigenvalue weighted by Gasteiger charge is -2.27. The van der Waals surface area contributed by atoms with E-state index in [0.29, 0.717) is 0 Å². The lowest BCUT2D eigenvalue weighted by Crippen LogP contribution is -2.31. The molecule has 0 saturated carbocycles. The average molecular weight is 310 g/mol. The van der Waals surface area contributed by atoms with Crippen LogP contribution in [0, 0.1) is 6.92 Å². The van der Waals surface area contributed by atoms with Crippen LogP contribution >= 0.6 is 0 Å². The third-order valence-electron chi connectivity index (χ3n) is 4.54. The summed E-state index contributed by atoms with van der Waals surface area (Å²) in [6, 6.07) is 0. The van der Waals surface area contributed by atoms with Gasteiger partial charge in [-0.1, -0.05) is 0 Å². The van der Waals surface area contributed by atoms with Crippen LogP contribution in [0.4, 0.5) is 0 Å². The number of nitrogens with zero attached hydrogens (tertiary/aromatic N) is 5. The Hall–Kier alpha value is -2.08. The topological polar surface area (TPSA) is 70.1 Å². The largest absolute Gasteiger partial charge is 0.345 e. The van der Waals surface area contributed by atoms with Crippen molar-refractivity contribution in [3.05, 3.63) is 41.0 Å². The molecule has 0 aromatic carbocycles. The molecule has 0 spiro atoms. The van der Waals surface area contributed by atoms with Gasteiger partial charge in [-0.3, -0.25) is 9.89 Å². The van der Waals surface area contributed by atoms with Crippen LogP contribution < -0.4 is 0 Å². The predicted molar refractivity (Wildman–Crippen MR) is 88.4 cm³/mol. The Balaban J connectivity index is 1.48. The normalized spacial score (nSPS) is 18.6. The summed E-state index contributed by atoms with van der Waals surface area (Å²) in [4.78, 5) is 23.9. The lowest BCUT2D eigenvalue weighted by molar-refractivity contribution is 0.240. The molecule has 2 aliphatic rings. The van der Waals surface area contributed by atoms with E-state index in [9.17, 15) is 0 Å². The first-order chi connectivity index (χ1) is 11.3. The number of fused-ring (bicyclic) bond motifs is 1. The van der Waals surface area contributed by atoms with Gasteiger partial charge in [0.1, 0.15) is 5.82 Å². The quantitative estimate of drug-likeness (QED) is 0.942. The second kappa shape index (κ2) is 6.20. The van der Waals surface area contributed by atoms with Crippen LogP contribution in [0.1, 0.15) is 47.9 Å². The molecular weight excluding hydrogens is 288 g/mol. The van der Waals surface area contributed by atoms with Crippen LogP contribution in [0.25, 0.3) is 0 Å². The smallest absolute Gasteiger partial charge is 0.173 e. The minimum absolute atomic E-state index is 0.848. The number of imidazole rings is 1. The Morgan fingerprint density at radius 3 is 2.91 bits per heavy atom. The summed E-state index contributed by atoms with van der Waals surface area (Å²) in [5.41, 5.74) is 4.70. The maximum atomic E-state index is 4.79. The minimum Gasteiger partial charge on any atom is -0.345 e. The summed E-state index contributed by atoms with van der Waals surface area (Å²) in [5, 5.41) is 0. The monoisotopic (exact) mass is 310 g/mol. The van der Waals surface area contributed by atoms with Crippen molar-refractivity contribution in [3.8, 4) is 0 Å². The van der Waals surface area contributed by atoms with Crippen molar-refractivity contribution in [2.45, 2.75) is 45.7 Å². The Morgan fingerprint density at radius 1 is 1.17 bits per heavy atom. The maximum absolute atomic E-state index is 4.79. The van der Waals surface area contributed by atoms with Gasteiger partial charge in [-0.2, -0.15) is 0 Å². The second-order valence-electron chi connectivity index (χ2n) is 6.41. The third kappa shape index (κ3) is 3.17. The van der Waals surface area contributed by atoms with E-state index >= 15 is 0 Å². The van der Waals surface area contributed by atoms with Crippen molar-refractivity contribution in [2.75, 3.05) is 13.1 Å². The molecule has 6 heteroatoms. The molecule has 0 bridgehead atoms. The van der Waals surface area contributed by atoms with Crippen LogP contribution in [0.5, 0.6) is 0 Å². The van der Waals surface area contributed by atoms with Gasteiger partial charge in [0.15, 0.2) is 5.82 Å². The van der Waals surface area contributed by atoms with Gasteiger partial charge >= 0.3 is 0 Å². The summed E-state index contributed by atoms with van der Waals surface area (Å²) in [7, 11) is 0. The summed E-state index contributed by atoms with van der Waals surface area (Å²) >= 11 is 0. The minimum atomic E-state index is 0.848. The number of aliphatic imine (C=N–C) groups is 1. The summed E-state index contributed by atoms with van der Waals surface area (Å²) in [6.07, 6.45) is 8.31. The van der Waals surface area contributed by atoms with Gasteiger partial charge in [0, 0.05) is 56.3 Å². The number of aromatic amines is 1. The molecule has 2 aromatic heterocycles. The molecule has 0 atom stereocenters. The van der Waals surface area contributed by atoms with E-state index in [0.717, 1.165) is 56.4 Å². The van der Waals surface area contributed by atoms with Crippen molar-refractivity contribution in [1.29, 1.82) is 0 Å². The molecule has 120 valence electrons. The zero-order valence-corrected chi connectivity index (χ0v) is 13.5. The molecule has 4 rings (SSSR count). The van der Waals surface area contributed by atoms with E-state index in [2.05, 4.69) is 24.8 Å². The first-order valence-electron chi connectivity index (χ1n) is 8.39. The summed E-state index contributed by atoms with van der Waals surface area (Å²) in [6.45, 7) is 5.73. The fraction of sp³-hybridized carbons (Fsp3) is 0.529. The SMILES string of the molecule is Cc1ncc(CN2CCc3nc(C4=NCCCC4)ncc3C2)[nH]1. The highest BCUT2D eigenvalue weighted by Gasteiger charge is 2.20. The highest BCUT2D eigenvalue weighted by atomic mass is 15.1. The number of rotatable bonds is 3. The molecule has 23 heavy (non-hydrogen) atoms. The van der Waals surface area contributed by atoms with Crippen LogP contribution in [0.15, 0.2) is 17.4 Å². The Labute approximate surface area is 136 Å². The maximum Gasteiger partial charge on any atom is 0.173 e. The van der Waals surface area contributed by atoms with Crippen LogP contribution in [-0.2, 0) is 19.5 Å². The molecule has 0 unspecified atom stereocenters. The van der Waals surface area contributed by atoms with Gasteiger partial charge in [0.05, 0.1) is 11.4 Å². The second-order valence-corrected chi connectivity index (χ2v) is 6.41. The molecule has 2 aromatic rings. The third-order valence-corrected chi connectivity index (χ3v) is 4.54. The summed E-state index contributed by atoms with van der Waals surface area (Å²) in [5.74, 6) is 1.82. The van der Waals surface area contributed by atoms with Crippen molar-refractivity contribution in [2.24, 2.45) is 4.99 Å². The molecule has 0 radical (unpaired) electrons. The molecular formula is C17H22N6. The van der Waals surface area contributed by atoms with Gasteiger partial charge in [-0.15, -0.1) is 0 Å². The molecule has 4 heterocycles. The Morgan fingerprint density at radius 2 is 2.13 bits per heavy atom. The highest BCUT2D eigenvalue weighted by molar-refractivity contribution is 5.97. The molecule has 0 saturated heterocycles. The van der Waals surface area contributed by atoms with Crippen LogP contribution in [-0.4, -0.2) is 43.6 Å². The fourth-order valence-electron chi connectivity index (χ4n) is 3.32. The van der Waals surface area contributed by atoms with Crippen molar-refractivity contribution in [3.63, 3.8) is 0 Å². The van der Waals surface area contributed by atoms with E-state index in [4.69, 9.17) is 4.98 Å². The number of hydrogen-bond acceptors (Lipinski definition) is 5. The number of H-pyrrole nitrogens is 1. The zero-order valence-electron chi connectivity index (χ0n) is 13.5. The highest BCUT2D eigenvalue weighted by Crippen LogP contribution is 2.19. The van der Waals surface area contributed by atoms with Gasteiger partial charge in [0.25, 0.3) is 0 Å². The van der Waals surface area contributed by atoms with Gasteiger partial charge in [-0.05, 0) is 26.2 Å². The van der Waals surface area contributed by atoms with Crippen molar-refractivity contribution >= 4 is 5.71 Å². The molecule has 0 aliphatic carbocycles. The number of aryl methyl sites for hydroxylation is 1. The summed E-state index contributed by atoms with van der Waals surface area (Å²) < 4.78 is 0. The average Bonchev–Trinajstić information content (AvgIpc) is 3.00. The number of nitrogens with one attached hydrogen (secondary N) is 1. The molecule has 2 aliphatic heterocycles. The van der Waals surface area contributed by atoms with E-state index < -0.39 is 0 Å². The van der Waals surface area contributed by atoms with Gasteiger partial charge < -0.3 is 4.98 Å².